The number of rotatable bonds is 6. The number of pyridine rings is 2. The number of aryl methyl sites for hydroxylation is 1. The Hall–Kier alpha value is -2.65. The van der Waals surface area contributed by atoms with Crippen molar-refractivity contribution in [3.05, 3.63) is 46.9 Å². The van der Waals surface area contributed by atoms with E-state index in [9.17, 15) is 0 Å². The highest BCUT2D eigenvalue weighted by atomic mass is 16.5. The van der Waals surface area contributed by atoms with Crippen LogP contribution in [0.4, 0.5) is 5.82 Å². The predicted octanol–water partition coefficient (Wildman–Crippen LogP) is 3.56. The summed E-state index contributed by atoms with van der Waals surface area (Å²) < 4.78 is 11.7. The van der Waals surface area contributed by atoms with E-state index in [1.54, 1.807) is 6.20 Å². The van der Waals surface area contributed by atoms with Gasteiger partial charge in [0.05, 0.1) is 24.5 Å². The van der Waals surface area contributed by atoms with Crippen LogP contribution in [0.2, 0.25) is 0 Å². The molecule has 1 fully saturated rings. The molecule has 4 rings (SSSR count). The van der Waals surface area contributed by atoms with Crippen LogP contribution in [-0.2, 0) is 17.7 Å². The zero-order valence-electron chi connectivity index (χ0n) is 16.4. The van der Waals surface area contributed by atoms with Crippen LogP contribution in [0, 0.1) is 18.3 Å². The van der Waals surface area contributed by atoms with E-state index in [0.717, 1.165) is 42.3 Å². The lowest BCUT2D eigenvalue weighted by molar-refractivity contribution is 0.0381. The summed E-state index contributed by atoms with van der Waals surface area (Å²) in [6.07, 6.45) is 9.67. The molecule has 0 radical (unpaired) electrons. The van der Waals surface area contributed by atoms with E-state index < -0.39 is 0 Å². The minimum atomic E-state index is 0.418. The molecule has 6 heteroatoms. The van der Waals surface area contributed by atoms with Gasteiger partial charge >= 0.3 is 0 Å². The third kappa shape index (κ3) is 4.26. The minimum absolute atomic E-state index is 0.418. The van der Waals surface area contributed by atoms with E-state index in [4.69, 9.17) is 14.7 Å². The summed E-state index contributed by atoms with van der Waals surface area (Å²) in [6.45, 7) is 4.80. The summed E-state index contributed by atoms with van der Waals surface area (Å²) in [4.78, 5) is 11.3. The fourth-order valence-corrected chi connectivity index (χ4v) is 4.05. The Labute approximate surface area is 166 Å². The first-order valence-corrected chi connectivity index (χ1v) is 10.1. The molecule has 0 unspecified atom stereocenters. The summed E-state index contributed by atoms with van der Waals surface area (Å²) >= 11 is 0. The molecule has 28 heavy (non-hydrogen) atoms. The first kappa shape index (κ1) is 18.7. The van der Waals surface area contributed by atoms with Gasteiger partial charge in [0.25, 0.3) is 0 Å². The van der Waals surface area contributed by atoms with E-state index in [0.29, 0.717) is 24.9 Å². The van der Waals surface area contributed by atoms with Gasteiger partial charge in [-0.25, -0.2) is 4.98 Å². The molecule has 2 aromatic heterocycles. The Morgan fingerprint density at radius 1 is 1.18 bits per heavy atom. The molecule has 146 valence electrons. The summed E-state index contributed by atoms with van der Waals surface area (Å²) in [5.41, 5.74) is 3.91. The van der Waals surface area contributed by atoms with Gasteiger partial charge < -0.3 is 14.4 Å². The summed E-state index contributed by atoms with van der Waals surface area (Å²) in [5, 5.41) is 9.04. The number of ether oxygens (including phenoxy) is 2. The van der Waals surface area contributed by atoms with Crippen molar-refractivity contribution in [3.8, 4) is 11.8 Å². The molecule has 1 aliphatic carbocycles. The summed E-state index contributed by atoms with van der Waals surface area (Å²) in [5.74, 6) is 1.72. The van der Waals surface area contributed by atoms with Crippen LogP contribution in [0.3, 0.4) is 0 Å². The van der Waals surface area contributed by atoms with Crippen molar-refractivity contribution in [2.24, 2.45) is 0 Å². The van der Waals surface area contributed by atoms with Gasteiger partial charge in [-0.05, 0) is 43.0 Å². The highest BCUT2D eigenvalue weighted by Gasteiger charge is 2.21. The van der Waals surface area contributed by atoms with Gasteiger partial charge in [-0.3, -0.25) is 4.98 Å². The van der Waals surface area contributed by atoms with Gasteiger partial charge in [-0.15, -0.1) is 0 Å². The van der Waals surface area contributed by atoms with E-state index in [2.05, 4.69) is 27.0 Å². The molecule has 1 saturated carbocycles. The first-order chi connectivity index (χ1) is 13.7. The molecule has 0 N–H and O–H groups in total. The fourth-order valence-electron chi connectivity index (χ4n) is 4.05. The highest BCUT2D eigenvalue weighted by Crippen LogP contribution is 2.27. The smallest absolute Gasteiger partial charge is 0.138 e. The third-order valence-corrected chi connectivity index (χ3v) is 5.50. The molecule has 0 atom stereocenters. The Balaban J connectivity index is 1.37. The monoisotopic (exact) mass is 378 g/mol. The van der Waals surface area contributed by atoms with Crippen LogP contribution < -0.4 is 9.64 Å². The number of hydrogen-bond donors (Lipinski definition) is 0. The molecule has 0 spiro atoms. The lowest BCUT2D eigenvalue weighted by Gasteiger charge is -2.30. The van der Waals surface area contributed by atoms with Gasteiger partial charge in [0.1, 0.15) is 24.2 Å². The third-order valence-electron chi connectivity index (χ3n) is 5.50. The Morgan fingerprint density at radius 3 is 2.82 bits per heavy atom. The first-order valence-electron chi connectivity index (χ1n) is 10.1. The van der Waals surface area contributed by atoms with Crippen molar-refractivity contribution >= 4 is 5.82 Å². The van der Waals surface area contributed by atoms with E-state index in [-0.39, 0.29) is 0 Å². The standard InChI is InChI=1S/C22H26N4O2/c1-16-10-17(12-23)13-25-22(16)26-7-6-21-18(15-26)11-20(14-24-21)28-9-8-27-19-4-2-3-5-19/h10-11,13-14,19H,2-9,15H2,1H3. The Bertz CT molecular complexity index is 871. The maximum Gasteiger partial charge on any atom is 0.138 e. The average molecular weight is 378 g/mol. The average Bonchev–Trinajstić information content (AvgIpc) is 3.24. The van der Waals surface area contributed by atoms with Crippen molar-refractivity contribution in [2.75, 3.05) is 24.7 Å². The van der Waals surface area contributed by atoms with Crippen molar-refractivity contribution in [1.29, 1.82) is 5.26 Å². The molecule has 0 bridgehead atoms. The lowest BCUT2D eigenvalue weighted by Crippen LogP contribution is -2.32. The quantitative estimate of drug-likeness (QED) is 0.716. The molecule has 2 aliphatic rings. The van der Waals surface area contributed by atoms with Gasteiger partial charge in [0.2, 0.25) is 0 Å². The van der Waals surface area contributed by atoms with E-state index >= 15 is 0 Å². The SMILES string of the molecule is Cc1cc(C#N)cnc1N1CCc2ncc(OCCOC3CCCC3)cc2C1. The largest absolute Gasteiger partial charge is 0.490 e. The van der Waals surface area contributed by atoms with Crippen LogP contribution in [0.5, 0.6) is 5.75 Å². The van der Waals surface area contributed by atoms with Crippen LogP contribution >= 0.6 is 0 Å². The highest BCUT2D eigenvalue weighted by molar-refractivity contribution is 5.51. The molecule has 2 aromatic rings. The molecule has 1 aliphatic heterocycles. The van der Waals surface area contributed by atoms with Gasteiger partial charge in [-0.1, -0.05) is 12.8 Å². The predicted molar refractivity (Wildman–Crippen MR) is 106 cm³/mol. The van der Waals surface area contributed by atoms with Crippen LogP contribution in [0.25, 0.3) is 0 Å². The van der Waals surface area contributed by atoms with Gasteiger partial charge in [0, 0.05) is 31.4 Å². The van der Waals surface area contributed by atoms with E-state index in [1.807, 2.05) is 19.2 Å². The second-order valence-electron chi connectivity index (χ2n) is 7.55. The molecule has 0 amide bonds. The maximum atomic E-state index is 9.04. The van der Waals surface area contributed by atoms with Crippen molar-refractivity contribution < 1.29 is 9.47 Å². The number of nitrogens with zero attached hydrogens (tertiary/aromatic N) is 4. The molecule has 0 aromatic carbocycles. The summed E-state index contributed by atoms with van der Waals surface area (Å²) in [7, 11) is 0. The molecule has 3 heterocycles. The molecule has 6 nitrogen and oxygen atoms in total. The minimum Gasteiger partial charge on any atom is -0.490 e. The van der Waals surface area contributed by atoms with E-state index in [1.165, 1.54) is 31.2 Å². The fraction of sp³-hybridized carbons (Fsp3) is 0.500. The Morgan fingerprint density at radius 2 is 2.04 bits per heavy atom. The van der Waals surface area contributed by atoms with Gasteiger partial charge in [-0.2, -0.15) is 5.26 Å². The second kappa shape index (κ2) is 8.57. The lowest BCUT2D eigenvalue weighted by atomic mass is 10.0. The van der Waals surface area contributed by atoms with Crippen LogP contribution in [-0.4, -0.2) is 35.8 Å². The van der Waals surface area contributed by atoms with Crippen molar-refractivity contribution in [3.63, 3.8) is 0 Å². The van der Waals surface area contributed by atoms with Crippen LogP contribution in [0.15, 0.2) is 24.5 Å². The van der Waals surface area contributed by atoms with Crippen molar-refractivity contribution in [2.45, 2.75) is 51.7 Å². The number of aromatic nitrogens is 2. The number of nitriles is 1. The summed E-state index contributed by atoms with van der Waals surface area (Å²) in [6, 6.07) is 6.12. The molecular weight excluding hydrogens is 352 g/mol. The maximum absolute atomic E-state index is 9.04. The number of fused-ring (bicyclic) bond motifs is 1. The van der Waals surface area contributed by atoms with Gasteiger partial charge in [0.15, 0.2) is 0 Å². The Kier molecular flexibility index (Phi) is 5.73. The zero-order chi connectivity index (χ0) is 19.3. The molecule has 0 saturated heterocycles. The topological polar surface area (TPSA) is 71.3 Å². The molecular formula is C22H26N4O2. The number of hydrogen-bond acceptors (Lipinski definition) is 6. The van der Waals surface area contributed by atoms with Crippen LogP contribution in [0.1, 0.15) is 48.1 Å². The zero-order valence-corrected chi connectivity index (χ0v) is 16.4. The van der Waals surface area contributed by atoms with Crippen molar-refractivity contribution in [1.82, 2.24) is 9.97 Å². The second-order valence-corrected chi connectivity index (χ2v) is 7.55. The normalized spacial score (nSPS) is 16.6. The number of anilines is 1.